The Morgan fingerprint density at radius 3 is 2.81 bits per heavy atom. The Morgan fingerprint density at radius 2 is 2.00 bits per heavy atom. The Bertz CT molecular complexity index is 778. The summed E-state index contributed by atoms with van der Waals surface area (Å²) in [5.74, 6) is 0.920. The van der Waals surface area contributed by atoms with E-state index < -0.39 is 0 Å². The lowest BCUT2D eigenvalue weighted by atomic mass is 9.84. The second-order valence-electron chi connectivity index (χ2n) is 7.67. The van der Waals surface area contributed by atoms with Gasteiger partial charge in [0.2, 0.25) is 0 Å². The van der Waals surface area contributed by atoms with E-state index in [4.69, 9.17) is 10.5 Å². The zero-order valence-corrected chi connectivity index (χ0v) is 16.9. The van der Waals surface area contributed by atoms with Crippen molar-refractivity contribution in [1.29, 1.82) is 0 Å². The van der Waals surface area contributed by atoms with E-state index >= 15 is 0 Å². The smallest absolute Gasteiger partial charge is 0.139 e. The van der Waals surface area contributed by atoms with Gasteiger partial charge < -0.3 is 10.5 Å². The van der Waals surface area contributed by atoms with Gasteiger partial charge in [0, 0.05) is 12.6 Å². The summed E-state index contributed by atoms with van der Waals surface area (Å²) in [5.41, 5.74) is 10.2. The molecule has 2 unspecified atom stereocenters. The van der Waals surface area contributed by atoms with Gasteiger partial charge in [-0.15, -0.1) is 0 Å². The van der Waals surface area contributed by atoms with Crippen LogP contribution in [0.4, 0.5) is 0 Å². The molecule has 1 saturated heterocycles. The first-order valence-electron chi connectivity index (χ1n) is 9.62. The van der Waals surface area contributed by atoms with Crippen molar-refractivity contribution < 1.29 is 4.74 Å². The molecule has 2 aromatic rings. The molecule has 26 heavy (non-hydrogen) atoms. The van der Waals surface area contributed by atoms with Crippen molar-refractivity contribution in [2.75, 3.05) is 13.1 Å². The molecular formula is C22H27BrN2O. The molecule has 0 bridgehead atoms. The monoisotopic (exact) mass is 414 g/mol. The normalized spacial score (nSPS) is 26.3. The summed E-state index contributed by atoms with van der Waals surface area (Å²) >= 11 is 3.68. The molecule has 1 aliphatic heterocycles. The Kier molecular flexibility index (Phi) is 5.35. The molecule has 1 fully saturated rings. The van der Waals surface area contributed by atoms with Gasteiger partial charge in [-0.2, -0.15) is 0 Å². The van der Waals surface area contributed by atoms with E-state index in [0.717, 1.165) is 42.6 Å². The van der Waals surface area contributed by atoms with Crippen LogP contribution in [-0.4, -0.2) is 30.1 Å². The maximum absolute atomic E-state index is 6.64. The Labute approximate surface area is 164 Å². The number of likely N-dealkylation sites (tertiary alicyclic amines) is 1. The van der Waals surface area contributed by atoms with Gasteiger partial charge >= 0.3 is 0 Å². The van der Waals surface area contributed by atoms with Crippen LogP contribution >= 0.6 is 15.9 Å². The maximum atomic E-state index is 6.64. The van der Waals surface area contributed by atoms with E-state index in [1.807, 2.05) is 0 Å². The quantitative estimate of drug-likeness (QED) is 0.796. The number of hydrogen-bond donors (Lipinski definition) is 1. The van der Waals surface area contributed by atoms with Crippen molar-refractivity contribution >= 4 is 15.9 Å². The summed E-state index contributed by atoms with van der Waals surface area (Å²) in [6.07, 6.45) is 4.60. The minimum absolute atomic E-state index is 0.0456. The molecule has 0 spiro atoms. The third-order valence-electron chi connectivity index (χ3n) is 5.72. The highest BCUT2D eigenvalue weighted by Gasteiger charge is 2.36. The van der Waals surface area contributed by atoms with E-state index in [1.165, 1.54) is 23.1 Å². The molecule has 2 aliphatic rings. The number of fused-ring (bicyclic) bond motifs is 1. The van der Waals surface area contributed by atoms with Crippen molar-refractivity contribution in [3.63, 3.8) is 0 Å². The zero-order chi connectivity index (χ0) is 18.1. The van der Waals surface area contributed by atoms with Crippen LogP contribution in [0.5, 0.6) is 5.75 Å². The van der Waals surface area contributed by atoms with E-state index in [9.17, 15) is 0 Å². The molecule has 2 N–H and O–H groups in total. The van der Waals surface area contributed by atoms with E-state index in [0.29, 0.717) is 6.04 Å². The number of nitrogens with zero attached hydrogens (tertiary/aromatic N) is 1. The number of ether oxygens (including phenoxy) is 1. The minimum atomic E-state index is 0.0456. The van der Waals surface area contributed by atoms with E-state index in [-0.39, 0.29) is 12.1 Å². The second kappa shape index (κ2) is 7.71. The lowest BCUT2D eigenvalue weighted by Gasteiger charge is -2.43. The number of benzene rings is 2. The van der Waals surface area contributed by atoms with Gasteiger partial charge in [-0.25, -0.2) is 0 Å². The van der Waals surface area contributed by atoms with Crippen LogP contribution in [0.2, 0.25) is 0 Å². The fourth-order valence-electron chi connectivity index (χ4n) is 4.40. The van der Waals surface area contributed by atoms with Crippen molar-refractivity contribution in [1.82, 2.24) is 4.90 Å². The molecule has 4 rings (SSSR count). The molecule has 3 nitrogen and oxygen atoms in total. The van der Waals surface area contributed by atoms with Crippen LogP contribution < -0.4 is 10.5 Å². The fourth-order valence-corrected chi connectivity index (χ4v) is 4.98. The molecule has 0 saturated carbocycles. The highest BCUT2D eigenvalue weighted by molar-refractivity contribution is 9.10. The number of halogens is 1. The van der Waals surface area contributed by atoms with Crippen LogP contribution in [0.15, 0.2) is 46.9 Å². The molecule has 0 aromatic heterocycles. The third kappa shape index (κ3) is 3.68. The summed E-state index contributed by atoms with van der Waals surface area (Å²) in [6, 6.07) is 15.7. The predicted octanol–water partition coefficient (Wildman–Crippen LogP) is 4.62. The van der Waals surface area contributed by atoms with E-state index in [2.05, 4.69) is 70.2 Å². The average Bonchev–Trinajstić information content (AvgIpc) is 2.64. The van der Waals surface area contributed by atoms with Gasteiger partial charge in [0.15, 0.2) is 0 Å². The lowest BCUT2D eigenvalue weighted by Crippen LogP contribution is -2.51. The van der Waals surface area contributed by atoms with Crippen molar-refractivity contribution in [2.45, 2.75) is 50.8 Å². The standard InChI is InChI=1S/C22H27BrN2O/c1-15-8-11-21(19(23)13-15)26-22-18-7-3-2-5-16(18)9-10-20(22)25-12-4-6-17(24)14-25/h2-3,5,7-8,11,13,17,20,22H,4,6,9-10,12,14,24H2,1H3/t17-,20?,22?/m1/s1. The molecule has 3 atom stereocenters. The first-order valence-corrected chi connectivity index (χ1v) is 10.4. The number of hydrogen-bond acceptors (Lipinski definition) is 3. The van der Waals surface area contributed by atoms with Crippen molar-refractivity contribution in [2.24, 2.45) is 5.73 Å². The van der Waals surface area contributed by atoms with Crippen LogP contribution in [0.25, 0.3) is 0 Å². The molecule has 2 aromatic carbocycles. The zero-order valence-electron chi connectivity index (χ0n) is 15.3. The largest absolute Gasteiger partial charge is 0.483 e. The first-order chi connectivity index (χ1) is 12.6. The fraction of sp³-hybridized carbons (Fsp3) is 0.455. The molecule has 0 radical (unpaired) electrons. The third-order valence-corrected chi connectivity index (χ3v) is 6.34. The van der Waals surface area contributed by atoms with Gasteiger partial charge in [0.25, 0.3) is 0 Å². The molecule has 0 amide bonds. The van der Waals surface area contributed by atoms with Gasteiger partial charge in [-0.3, -0.25) is 4.90 Å². The van der Waals surface area contributed by atoms with E-state index in [1.54, 1.807) is 0 Å². The summed E-state index contributed by atoms with van der Waals surface area (Å²) in [5, 5.41) is 0. The Hall–Kier alpha value is -1.36. The summed E-state index contributed by atoms with van der Waals surface area (Å²) < 4.78 is 7.66. The van der Waals surface area contributed by atoms with Crippen LogP contribution in [0, 0.1) is 6.92 Å². The summed E-state index contributed by atoms with van der Waals surface area (Å²) in [7, 11) is 0. The predicted molar refractivity (Wildman–Crippen MR) is 110 cm³/mol. The van der Waals surface area contributed by atoms with Gasteiger partial charge in [0.05, 0.1) is 10.5 Å². The highest BCUT2D eigenvalue weighted by Crippen LogP contribution is 2.39. The minimum Gasteiger partial charge on any atom is -0.483 e. The molecule has 4 heteroatoms. The SMILES string of the molecule is Cc1ccc(OC2c3ccccc3CCC2N2CCC[C@@H](N)C2)c(Br)c1. The number of piperidine rings is 1. The molecule has 1 heterocycles. The van der Waals surface area contributed by atoms with Gasteiger partial charge in [-0.1, -0.05) is 30.3 Å². The van der Waals surface area contributed by atoms with Crippen molar-refractivity contribution in [3.05, 3.63) is 63.6 Å². The second-order valence-corrected chi connectivity index (χ2v) is 8.53. The van der Waals surface area contributed by atoms with Crippen LogP contribution in [0.3, 0.4) is 0 Å². The van der Waals surface area contributed by atoms with Crippen LogP contribution in [-0.2, 0) is 6.42 Å². The lowest BCUT2D eigenvalue weighted by molar-refractivity contribution is 0.0363. The van der Waals surface area contributed by atoms with Crippen molar-refractivity contribution in [3.8, 4) is 5.75 Å². The highest BCUT2D eigenvalue weighted by atomic mass is 79.9. The Morgan fingerprint density at radius 1 is 1.15 bits per heavy atom. The number of aryl methyl sites for hydroxylation is 2. The Balaban J connectivity index is 1.67. The average molecular weight is 415 g/mol. The van der Waals surface area contributed by atoms with Crippen LogP contribution in [0.1, 0.15) is 42.1 Å². The molecule has 138 valence electrons. The maximum Gasteiger partial charge on any atom is 0.139 e. The molecular weight excluding hydrogens is 388 g/mol. The topological polar surface area (TPSA) is 38.5 Å². The number of nitrogens with two attached hydrogens (primary N) is 1. The van der Waals surface area contributed by atoms with Gasteiger partial charge in [0.1, 0.15) is 11.9 Å². The summed E-state index contributed by atoms with van der Waals surface area (Å²) in [6.45, 7) is 4.19. The number of rotatable bonds is 3. The first kappa shape index (κ1) is 18.0. The molecule has 1 aliphatic carbocycles. The van der Waals surface area contributed by atoms with Gasteiger partial charge in [-0.05, 0) is 83.9 Å². The summed E-state index contributed by atoms with van der Waals surface area (Å²) in [4.78, 5) is 2.57.